The lowest BCUT2D eigenvalue weighted by atomic mass is 10.0. The molecule has 0 aliphatic carbocycles. The minimum Gasteiger partial charge on any atom is -0.486 e. The zero-order chi connectivity index (χ0) is 19.5. The maximum absolute atomic E-state index is 12.8. The Morgan fingerprint density at radius 1 is 1.04 bits per heavy atom. The third kappa shape index (κ3) is 3.81. The Morgan fingerprint density at radius 2 is 1.79 bits per heavy atom. The Balaban J connectivity index is 1.41. The molecule has 1 saturated heterocycles. The fourth-order valence-electron chi connectivity index (χ4n) is 3.89. The number of carboxylic acid groups (broad SMARTS) is 1. The highest BCUT2D eigenvalue weighted by Crippen LogP contribution is 2.38. The van der Waals surface area contributed by atoms with Gasteiger partial charge < -0.3 is 19.5 Å². The minimum absolute atomic E-state index is 0.0673. The van der Waals surface area contributed by atoms with Crippen LogP contribution in [0.5, 0.6) is 11.5 Å². The Morgan fingerprint density at radius 3 is 2.54 bits per heavy atom. The van der Waals surface area contributed by atoms with Gasteiger partial charge >= 0.3 is 5.97 Å². The van der Waals surface area contributed by atoms with Gasteiger partial charge in [0.25, 0.3) is 0 Å². The van der Waals surface area contributed by atoms with Gasteiger partial charge in [-0.2, -0.15) is 0 Å². The van der Waals surface area contributed by atoms with Crippen LogP contribution < -0.4 is 9.47 Å². The molecule has 146 valence electrons. The summed E-state index contributed by atoms with van der Waals surface area (Å²) in [5.41, 5.74) is 2.31. The smallest absolute Gasteiger partial charge is 0.335 e. The lowest BCUT2D eigenvalue weighted by molar-refractivity contribution is -0.132. The molecule has 2 heterocycles. The molecule has 0 bridgehead atoms. The molecule has 0 aromatic heterocycles. The Labute approximate surface area is 163 Å². The van der Waals surface area contributed by atoms with Gasteiger partial charge in [-0.15, -0.1) is 0 Å². The van der Waals surface area contributed by atoms with Crippen LogP contribution in [-0.4, -0.2) is 41.6 Å². The molecule has 1 amide bonds. The summed E-state index contributed by atoms with van der Waals surface area (Å²) in [5.74, 6) is 0.693. The van der Waals surface area contributed by atoms with Crippen LogP contribution in [0.4, 0.5) is 0 Å². The molecule has 2 aromatic carbocycles. The Bertz CT molecular complexity index is 877. The number of nitrogens with zero attached hydrogens (tertiary/aromatic N) is 1. The number of likely N-dealkylation sites (tertiary alicyclic amines) is 1. The number of benzene rings is 2. The molecule has 1 N–H and O–H groups in total. The Kier molecular flexibility index (Phi) is 5.19. The number of carbonyl (C=O) groups is 2. The Hall–Kier alpha value is -3.02. The van der Waals surface area contributed by atoms with Gasteiger partial charge in [0.2, 0.25) is 5.91 Å². The maximum Gasteiger partial charge on any atom is 0.335 e. The van der Waals surface area contributed by atoms with Gasteiger partial charge in [0, 0.05) is 13.0 Å². The fraction of sp³-hybridized carbons (Fsp3) is 0.364. The molecule has 6 heteroatoms. The van der Waals surface area contributed by atoms with Gasteiger partial charge in [-0.25, -0.2) is 4.79 Å². The highest BCUT2D eigenvalue weighted by molar-refractivity contribution is 5.87. The first kappa shape index (κ1) is 18.3. The first-order valence-corrected chi connectivity index (χ1v) is 9.63. The van der Waals surface area contributed by atoms with Crippen molar-refractivity contribution in [3.8, 4) is 11.5 Å². The van der Waals surface area contributed by atoms with Gasteiger partial charge in [-0.1, -0.05) is 18.2 Å². The number of ether oxygens (including phenoxy) is 2. The van der Waals surface area contributed by atoms with Crippen molar-refractivity contribution in [2.24, 2.45) is 0 Å². The topological polar surface area (TPSA) is 76.1 Å². The van der Waals surface area contributed by atoms with Gasteiger partial charge in [0.05, 0.1) is 11.6 Å². The molecular weight excluding hydrogens is 358 g/mol. The van der Waals surface area contributed by atoms with Gasteiger partial charge in [-0.3, -0.25) is 4.79 Å². The number of rotatable bonds is 5. The zero-order valence-electron chi connectivity index (χ0n) is 15.6. The minimum atomic E-state index is -0.943. The third-order valence-electron chi connectivity index (χ3n) is 5.35. The van der Waals surface area contributed by atoms with E-state index in [0.717, 1.165) is 42.0 Å². The van der Waals surface area contributed by atoms with Crippen LogP contribution >= 0.6 is 0 Å². The van der Waals surface area contributed by atoms with E-state index in [1.807, 2.05) is 23.1 Å². The molecule has 0 radical (unpaired) electrons. The van der Waals surface area contributed by atoms with Crippen LogP contribution in [0.3, 0.4) is 0 Å². The van der Waals surface area contributed by atoms with Crippen molar-refractivity contribution < 1.29 is 24.2 Å². The molecule has 0 saturated carbocycles. The van der Waals surface area contributed by atoms with E-state index >= 15 is 0 Å². The van der Waals surface area contributed by atoms with Crippen LogP contribution in [0, 0.1) is 0 Å². The van der Waals surface area contributed by atoms with Crippen molar-refractivity contribution in [3.05, 3.63) is 59.2 Å². The summed E-state index contributed by atoms with van der Waals surface area (Å²) >= 11 is 0. The highest BCUT2D eigenvalue weighted by atomic mass is 16.6. The second-order valence-corrected chi connectivity index (χ2v) is 7.15. The van der Waals surface area contributed by atoms with Crippen molar-refractivity contribution in [1.29, 1.82) is 0 Å². The molecule has 1 atom stereocenters. The number of carbonyl (C=O) groups excluding carboxylic acids is 1. The van der Waals surface area contributed by atoms with Gasteiger partial charge in [-0.05, 0) is 54.7 Å². The van der Waals surface area contributed by atoms with Crippen molar-refractivity contribution in [2.45, 2.75) is 31.7 Å². The van der Waals surface area contributed by atoms with Gasteiger partial charge in [0.1, 0.15) is 13.2 Å². The quantitative estimate of drug-likeness (QED) is 0.858. The molecule has 2 aliphatic rings. The monoisotopic (exact) mass is 381 g/mol. The summed E-state index contributed by atoms with van der Waals surface area (Å²) in [6.45, 7) is 1.87. The molecule has 1 unspecified atom stereocenters. The number of hydrogen-bond donors (Lipinski definition) is 1. The second kappa shape index (κ2) is 7.92. The van der Waals surface area contributed by atoms with Gasteiger partial charge in [0.15, 0.2) is 11.5 Å². The fourth-order valence-corrected chi connectivity index (χ4v) is 3.89. The van der Waals surface area contributed by atoms with Crippen molar-refractivity contribution in [2.75, 3.05) is 19.8 Å². The molecule has 1 fully saturated rings. The van der Waals surface area contributed by atoms with E-state index in [9.17, 15) is 9.59 Å². The van der Waals surface area contributed by atoms with E-state index in [4.69, 9.17) is 14.6 Å². The summed E-state index contributed by atoms with van der Waals surface area (Å²) in [6, 6.07) is 12.7. The maximum atomic E-state index is 12.8. The number of aryl methyl sites for hydroxylation is 1. The third-order valence-corrected chi connectivity index (χ3v) is 5.35. The highest BCUT2D eigenvalue weighted by Gasteiger charge is 2.30. The van der Waals surface area contributed by atoms with Crippen molar-refractivity contribution in [1.82, 2.24) is 4.90 Å². The van der Waals surface area contributed by atoms with E-state index in [1.54, 1.807) is 24.3 Å². The zero-order valence-corrected chi connectivity index (χ0v) is 15.6. The van der Waals surface area contributed by atoms with Crippen molar-refractivity contribution in [3.63, 3.8) is 0 Å². The van der Waals surface area contributed by atoms with Crippen LogP contribution in [0.15, 0.2) is 42.5 Å². The summed E-state index contributed by atoms with van der Waals surface area (Å²) in [7, 11) is 0. The summed E-state index contributed by atoms with van der Waals surface area (Å²) < 4.78 is 11.3. The average molecular weight is 381 g/mol. The number of carboxylic acids is 1. The molecular formula is C22H23NO5. The lowest BCUT2D eigenvalue weighted by Crippen LogP contribution is -2.30. The van der Waals surface area contributed by atoms with E-state index < -0.39 is 5.97 Å². The second-order valence-electron chi connectivity index (χ2n) is 7.15. The summed E-state index contributed by atoms with van der Waals surface area (Å²) in [5, 5.41) is 8.97. The van der Waals surface area contributed by atoms with Crippen LogP contribution in [0.1, 0.15) is 46.8 Å². The van der Waals surface area contributed by atoms with E-state index in [1.165, 1.54) is 0 Å². The first-order chi connectivity index (χ1) is 13.6. The lowest BCUT2D eigenvalue weighted by Gasteiger charge is -2.27. The summed E-state index contributed by atoms with van der Waals surface area (Å²) in [4.78, 5) is 25.7. The van der Waals surface area contributed by atoms with E-state index in [0.29, 0.717) is 26.1 Å². The number of fused-ring (bicyclic) bond motifs is 1. The van der Waals surface area contributed by atoms with Crippen LogP contribution in [0.2, 0.25) is 0 Å². The van der Waals surface area contributed by atoms with E-state index in [2.05, 4.69) is 0 Å². The number of aromatic carboxylic acids is 1. The molecule has 28 heavy (non-hydrogen) atoms. The number of hydrogen-bond acceptors (Lipinski definition) is 4. The summed E-state index contributed by atoms with van der Waals surface area (Å²) in [6.07, 6.45) is 2.94. The molecule has 6 nitrogen and oxygen atoms in total. The predicted molar refractivity (Wildman–Crippen MR) is 103 cm³/mol. The molecule has 2 aromatic rings. The normalized spacial score (nSPS) is 18.1. The standard InChI is InChI=1S/C22H23NO5/c24-21(10-5-15-3-6-16(7-4-15)22(25)26)23-11-1-2-18(23)17-8-9-19-20(14-17)28-13-12-27-19/h3-4,6-9,14,18H,1-2,5,10-13H2,(H,25,26). The van der Waals surface area contributed by atoms with Crippen LogP contribution in [-0.2, 0) is 11.2 Å². The largest absolute Gasteiger partial charge is 0.486 e. The first-order valence-electron chi connectivity index (χ1n) is 9.63. The van der Waals surface area contributed by atoms with E-state index in [-0.39, 0.29) is 17.5 Å². The van der Waals surface area contributed by atoms with Crippen LogP contribution in [0.25, 0.3) is 0 Å². The van der Waals surface area contributed by atoms with Crippen molar-refractivity contribution >= 4 is 11.9 Å². The molecule has 2 aliphatic heterocycles. The average Bonchev–Trinajstić information content (AvgIpc) is 3.22. The number of amides is 1. The molecule has 0 spiro atoms. The predicted octanol–water partition coefficient (Wildman–Crippen LogP) is 3.45. The SMILES string of the molecule is O=C(O)c1ccc(CCC(=O)N2CCCC2c2ccc3c(c2)OCCO3)cc1. The molecule has 4 rings (SSSR count).